The second-order valence-electron chi connectivity index (χ2n) is 6.33. The SMILES string of the molecule is CC(C)(C)OC(=O)NCC(OCCO)C(C)(C)C. The zero-order valence-electron chi connectivity index (χ0n) is 12.4. The highest BCUT2D eigenvalue weighted by Gasteiger charge is 2.26. The number of aliphatic hydroxyl groups excluding tert-OH is 1. The van der Waals surface area contributed by atoms with E-state index in [1.54, 1.807) is 0 Å². The molecule has 108 valence electrons. The van der Waals surface area contributed by atoms with Gasteiger partial charge in [0.2, 0.25) is 0 Å². The van der Waals surface area contributed by atoms with Gasteiger partial charge in [-0.1, -0.05) is 20.8 Å². The van der Waals surface area contributed by atoms with Gasteiger partial charge < -0.3 is 19.9 Å². The fourth-order valence-electron chi connectivity index (χ4n) is 1.30. The van der Waals surface area contributed by atoms with E-state index in [9.17, 15) is 4.79 Å². The zero-order chi connectivity index (χ0) is 14.4. The van der Waals surface area contributed by atoms with Crippen LogP contribution in [0, 0.1) is 5.41 Å². The molecule has 0 saturated carbocycles. The lowest BCUT2D eigenvalue weighted by Gasteiger charge is -2.31. The summed E-state index contributed by atoms with van der Waals surface area (Å²) < 4.78 is 10.7. The summed E-state index contributed by atoms with van der Waals surface area (Å²) >= 11 is 0. The number of nitrogens with one attached hydrogen (secondary N) is 1. The van der Waals surface area contributed by atoms with Crippen molar-refractivity contribution in [1.82, 2.24) is 5.32 Å². The van der Waals surface area contributed by atoms with Crippen molar-refractivity contribution in [3.05, 3.63) is 0 Å². The predicted octanol–water partition coefficient (Wildman–Crippen LogP) is 1.93. The van der Waals surface area contributed by atoms with Gasteiger partial charge in [0.1, 0.15) is 5.60 Å². The minimum atomic E-state index is -0.507. The van der Waals surface area contributed by atoms with E-state index < -0.39 is 11.7 Å². The zero-order valence-corrected chi connectivity index (χ0v) is 12.4. The van der Waals surface area contributed by atoms with Gasteiger partial charge in [-0.25, -0.2) is 4.79 Å². The van der Waals surface area contributed by atoms with Crippen LogP contribution in [-0.2, 0) is 9.47 Å². The first-order valence-corrected chi connectivity index (χ1v) is 6.25. The van der Waals surface area contributed by atoms with E-state index >= 15 is 0 Å². The van der Waals surface area contributed by atoms with Gasteiger partial charge in [0.05, 0.1) is 19.3 Å². The second-order valence-corrected chi connectivity index (χ2v) is 6.33. The fourth-order valence-corrected chi connectivity index (χ4v) is 1.30. The molecule has 0 aliphatic heterocycles. The van der Waals surface area contributed by atoms with Crippen LogP contribution in [0.3, 0.4) is 0 Å². The van der Waals surface area contributed by atoms with Crippen molar-refractivity contribution in [3.63, 3.8) is 0 Å². The topological polar surface area (TPSA) is 67.8 Å². The monoisotopic (exact) mass is 261 g/mol. The van der Waals surface area contributed by atoms with Crippen LogP contribution in [0.25, 0.3) is 0 Å². The van der Waals surface area contributed by atoms with Crippen molar-refractivity contribution in [2.45, 2.75) is 53.2 Å². The summed E-state index contributed by atoms with van der Waals surface area (Å²) in [5.41, 5.74) is -0.628. The summed E-state index contributed by atoms with van der Waals surface area (Å²) in [4.78, 5) is 11.5. The molecule has 0 aliphatic carbocycles. The average Bonchev–Trinajstić information content (AvgIpc) is 2.12. The molecule has 0 aromatic carbocycles. The summed E-state index contributed by atoms with van der Waals surface area (Å²) in [6.45, 7) is 12.1. The molecular formula is C13H27NO4. The second kappa shape index (κ2) is 6.95. The van der Waals surface area contributed by atoms with Gasteiger partial charge in [-0.3, -0.25) is 0 Å². The Morgan fingerprint density at radius 3 is 2.17 bits per heavy atom. The third-order valence-electron chi connectivity index (χ3n) is 2.21. The van der Waals surface area contributed by atoms with Crippen LogP contribution in [0.4, 0.5) is 4.79 Å². The van der Waals surface area contributed by atoms with E-state index in [4.69, 9.17) is 14.6 Å². The maximum absolute atomic E-state index is 11.5. The highest BCUT2D eigenvalue weighted by Crippen LogP contribution is 2.21. The molecule has 0 aromatic rings. The molecule has 18 heavy (non-hydrogen) atoms. The largest absolute Gasteiger partial charge is 0.444 e. The molecule has 5 heteroatoms. The molecular weight excluding hydrogens is 234 g/mol. The summed E-state index contributed by atoms with van der Waals surface area (Å²) in [6, 6.07) is 0. The van der Waals surface area contributed by atoms with Crippen LogP contribution in [0.2, 0.25) is 0 Å². The summed E-state index contributed by atoms with van der Waals surface area (Å²) in [5.74, 6) is 0. The van der Waals surface area contributed by atoms with Gasteiger partial charge in [0, 0.05) is 6.54 Å². The number of carbonyl (C=O) groups excluding carboxylic acids is 1. The lowest BCUT2D eigenvalue weighted by molar-refractivity contribution is -0.0314. The van der Waals surface area contributed by atoms with Crippen LogP contribution in [0.15, 0.2) is 0 Å². The first-order chi connectivity index (χ1) is 8.06. The van der Waals surface area contributed by atoms with Gasteiger partial charge >= 0.3 is 6.09 Å². The molecule has 1 atom stereocenters. The number of hydrogen-bond acceptors (Lipinski definition) is 4. The Labute approximate surface area is 110 Å². The van der Waals surface area contributed by atoms with Gasteiger partial charge in [0.25, 0.3) is 0 Å². The van der Waals surface area contributed by atoms with Crippen molar-refractivity contribution in [3.8, 4) is 0 Å². The quantitative estimate of drug-likeness (QED) is 0.793. The molecule has 0 bridgehead atoms. The Kier molecular flexibility index (Phi) is 6.63. The number of aliphatic hydroxyl groups is 1. The molecule has 0 aromatic heterocycles. The Bertz CT molecular complexity index is 253. The highest BCUT2D eigenvalue weighted by atomic mass is 16.6. The summed E-state index contributed by atoms with van der Waals surface area (Å²) in [5, 5.41) is 11.5. The van der Waals surface area contributed by atoms with Crippen LogP contribution in [0.5, 0.6) is 0 Å². The van der Waals surface area contributed by atoms with E-state index in [0.29, 0.717) is 6.54 Å². The molecule has 5 nitrogen and oxygen atoms in total. The van der Waals surface area contributed by atoms with Gasteiger partial charge in [-0.2, -0.15) is 0 Å². The average molecular weight is 261 g/mol. The predicted molar refractivity (Wildman–Crippen MR) is 70.5 cm³/mol. The van der Waals surface area contributed by atoms with Gasteiger partial charge in [-0.15, -0.1) is 0 Å². The minimum Gasteiger partial charge on any atom is -0.444 e. The molecule has 0 aliphatic rings. The lowest BCUT2D eigenvalue weighted by Crippen LogP contribution is -2.43. The van der Waals surface area contributed by atoms with E-state index in [-0.39, 0.29) is 24.7 Å². The molecule has 2 N–H and O–H groups in total. The molecule has 0 radical (unpaired) electrons. The fraction of sp³-hybridized carbons (Fsp3) is 0.923. The minimum absolute atomic E-state index is 0.0288. The normalized spacial score (nSPS) is 14.2. The number of hydrogen-bond donors (Lipinski definition) is 2. The van der Waals surface area contributed by atoms with E-state index in [1.807, 2.05) is 41.5 Å². The highest BCUT2D eigenvalue weighted by molar-refractivity contribution is 5.67. The van der Waals surface area contributed by atoms with Crippen molar-refractivity contribution in [2.24, 2.45) is 5.41 Å². The van der Waals surface area contributed by atoms with Crippen molar-refractivity contribution >= 4 is 6.09 Å². The molecule has 0 rings (SSSR count). The Balaban J connectivity index is 4.22. The van der Waals surface area contributed by atoms with E-state index in [0.717, 1.165) is 0 Å². The number of amides is 1. The molecule has 0 heterocycles. The lowest BCUT2D eigenvalue weighted by atomic mass is 9.89. The van der Waals surface area contributed by atoms with Crippen molar-refractivity contribution in [1.29, 1.82) is 0 Å². The Morgan fingerprint density at radius 1 is 1.22 bits per heavy atom. The van der Waals surface area contributed by atoms with Crippen LogP contribution in [0.1, 0.15) is 41.5 Å². The maximum Gasteiger partial charge on any atom is 0.407 e. The van der Waals surface area contributed by atoms with Gasteiger partial charge in [-0.05, 0) is 26.2 Å². The van der Waals surface area contributed by atoms with E-state index in [1.165, 1.54) is 0 Å². The number of carbonyl (C=O) groups is 1. The molecule has 1 unspecified atom stereocenters. The van der Waals surface area contributed by atoms with Crippen LogP contribution < -0.4 is 5.32 Å². The van der Waals surface area contributed by atoms with Gasteiger partial charge in [0.15, 0.2) is 0 Å². The molecule has 0 spiro atoms. The molecule has 0 saturated heterocycles. The molecule has 0 fully saturated rings. The Hall–Kier alpha value is -0.810. The van der Waals surface area contributed by atoms with Crippen LogP contribution >= 0.6 is 0 Å². The number of ether oxygens (including phenoxy) is 2. The smallest absolute Gasteiger partial charge is 0.407 e. The van der Waals surface area contributed by atoms with E-state index in [2.05, 4.69) is 5.32 Å². The summed E-state index contributed by atoms with van der Waals surface area (Å²) in [6.07, 6.45) is -0.624. The number of alkyl carbamates (subject to hydrolysis) is 1. The first-order valence-electron chi connectivity index (χ1n) is 6.25. The van der Waals surface area contributed by atoms with Crippen molar-refractivity contribution < 1.29 is 19.4 Å². The maximum atomic E-state index is 11.5. The Morgan fingerprint density at radius 2 is 1.78 bits per heavy atom. The standard InChI is InChI=1S/C13H27NO4/c1-12(2,3)10(17-8-7-15)9-14-11(16)18-13(4,5)6/h10,15H,7-9H2,1-6H3,(H,14,16). The number of rotatable bonds is 5. The van der Waals surface area contributed by atoms with Crippen molar-refractivity contribution in [2.75, 3.05) is 19.8 Å². The van der Waals surface area contributed by atoms with Crippen LogP contribution in [-0.4, -0.2) is 42.7 Å². The first kappa shape index (κ1) is 17.2. The molecule has 1 amide bonds. The third-order valence-corrected chi connectivity index (χ3v) is 2.21. The summed E-state index contributed by atoms with van der Waals surface area (Å²) in [7, 11) is 0. The third kappa shape index (κ3) is 8.31.